The molecule has 14 heteroatoms. The van der Waals surface area contributed by atoms with Crippen molar-refractivity contribution in [3.05, 3.63) is 70.5 Å². The zero-order chi connectivity index (χ0) is 35.2. The molecular formula is C35H45ClFN3O9. The summed E-state index contributed by atoms with van der Waals surface area (Å²) >= 11 is 5.93. The molecule has 2 aromatic carbocycles. The highest BCUT2D eigenvalue weighted by Gasteiger charge is 2.47. The fourth-order valence-corrected chi connectivity index (χ4v) is 6.06. The van der Waals surface area contributed by atoms with Gasteiger partial charge >= 0.3 is 18.2 Å². The van der Waals surface area contributed by atoms with Gasteiger partial charge in [-0.2, -0.15) is 0 Å². The highest BCUT2D eigenvalue weighted by Crippen LogP contribution is 2.41. The Bertz CT molecular complexity index is 1400. The molecule has 1 spiro atoms. The minimum atomic E-state index is -1.12. The molecule has 12 nitrogen and oxygen atoms in total. The second kappa shape index (κ2) is 18.7. The van der Waals surface area contributed by atoms with E-state index in [-0.39, 0.29) is 37.6 Å². The number of carbonyl (C=O) groups excluding carboxylic acids is 4. The molecule has 268 valence electrons. The van der Waals surface area contributed by atoms with Crippen molar-refractivity contribution in [2.75, 3.05) is 26.8 Å². The van der Waals surface area contributed by atoms with Gasteiger partial charge in [0.05, 0.1) is 19.3 Å². The number of halogens is 2. The maximum absolute atomic E-state index is 13.2. The number of amides is 3. The first kappa shape index (κ1) is 37.9. The summed E-state index contributed by atoms with van der Waals surface area (Å²) in [5.41, 5.74) is 1.89. The van der Waals surface area contributed by atoms with Crippen LogP contribution in [0.3, 0.4) is 0 Å². The highest BCUT2D eigenvalue weighted by molar-refractivity contribution is 6.30. The van der Waals surface area contributed by atoms with E-state index in [0.717, 1.165) is 11.1 Å². The summed E-state index contributed by atoms with van der Waals surface area (Å²) in [6, 6.07) is 12.6. The van der Waals surface area contributed by atoms with Gasteiger partial charge in [-0.3, -0.25) is 4.79 Å². The van der Waals surface area contributed by atoms with Crippen LogP contribution in [0.1, 0.15) is 63.0 Å². The molecule has 0 radical (unpaired) electrons. The Morgan fingerprint density at radius 3 is 2.27 bits per heavy atom. The van der Waals surface area contributed by atoms with Crippen molar-refractivity contribution in [2.24, 2.45) is 0 Å². The van der Waals surface area contributed by atoms with Crippen molar-refractivity contribution in [1.29, 1.82) is 0 Å². The number of alkyl carbamates (subject to hydrolysis) is 2. The molecule has 0 aromatic heterocycles. The Labute approximate surface area is 290 Å². The van der Waals surface area contributed by atoms with Crippen LogP contribution in [0.5, 0.6) is 0 Å². The number of rotatable bonds is 14. The van der Waals surface area contributed by atoms with Crippen LogP contribution in [0.4, 0.5) is 14.0 Å². The standard InChI is InChI=1S/C35H45ClFN3O9/c1-23(32(42)45-2)40-31(41)14-13-28-20-30(47-34(44)39-19-16-25-7-11-27(37)12-8-25)21-35(48-28)17-3-4-29(49-35)22-46-33(43)38-18-15-24-5-9-26(36)10-6-24/h5-12,23,28-30H,3-4,13-22H2,1-2H3,(H,38,43)(H,39,44)(H,40,41)/t23-,28+,29+,30+,35-/m0/s1. The predicted molar refractivity (Wildman–Crippen MR) is 177 cm³/mol. The van der Waals surface area contributed by atoms with E-state index in [2.05, 4.69) is 20.7 Å². The normalized spacial score (nSPS) is 22.4. The lowest BCUT2D eigenvalue weighted by Gasteiger charge is -2.47. The zero-order valence-electron chi connectivity index (χ0n) is 27.8. The molecule has 2 aromatic rings. The van der Waals surface area contributed by atoms with Crippen LogP contribution in [-0.2, 0) is 46.1 Å². The van der Waals surface area contributed by atoms with E-state index in [1.54, 1.807) is 24.3 Å². The Morgan fingerprint density at radius 2 is 1.59 bits per heavy atom. The predicted octanol–water partition coefficient (Wildman–Crippen LogP) is 4.99. The molecule has 2 saturated heterocycles. The number of benzene rings is 2. The highest BCUT2D eigenvalue weighted by atomic mass is 35.5. The lowest BCUT2D eigenvalue weighted by atomic mass is 9.90. The third-order valence-electron chi connectivity index (χ3n) is 8.40. The minimum Gasteiger partial charge on any atom is -0.467 e. The van der Waals surface area contributed by atoms with Crippen molar-refractivity contribution in [3.63, 3.8) is 0 Å². The summed E-state index contributed by atoms with van der Waals surface area (Å²) in [7, 11) is 1.25. The number of hydrogen-bond donors (Lipinski definition) is 3. The first-order valence-electron chi connectivity index (χ1n) is 16.6. The van der Waals surface area contributed by atoms with Gasteiger partial charge in [-0.05, 0) is 74.4 Å². The van der Waals surface area contributed by atoms with Crippen LogP contribution in [0.2, 0.25) is 5.02 Å². The quantitative estimate of drug-likeness (QED) is 0.183. The summed E-state index contributed by atoms with van der Waals surface area (Å²) in [5, 5.41) is 8.74. The molecule has 3 N–H and O–H groups in total. The van der Waals surface area contributed by atoms with Gasteiger partial charge in [0, 0.05) is 43.8 Å². The lowest BCUT2D eigenvalue weighted by Crippen LogP contribution is -2.54. The maximum Gasteiger partial charge on any atom is 0.407 e. The number of carbonyl (C=O) groups is 4. The monoisotopic (exact) mass is 705 g/mol. The lowest BCUT2D eigenvalue weighted by molar-refractivity contribution is -0.329. The molecule has 4 rings (SSSR count). The largest absolute Gasteiger partial charge is 0.467 e. The molecule has 5 atom stereocenters. The van der Waals surface area contributed by atoms with Gasteiger partial charge in [-0.1, -0.05) is 35.9 Å². The van der Waals surface area contributed by atoms with Crippen LogP contribution in [0, 0.1) is 5.82 Å². The van der Waals surface area contributed by atoms with Crippen molar-refractivity contribution >= 4 is 35.7 Å². The molecule has 49 heavy (non-hydrogen) atoms. The van der Waals surface area contributed by atoms with E-state index in [0.29, 0.717) is 56.6 Å². The molecule has 2 fully saturated rings. The Kier molecular flexibility index (Phi) is 14.5. The van der Waals surface area contributed by atoms with E-state index < -0.39 is 48.3 Å². The van der Waals surface area contributed by atoms with Crippen LogP contribution in [0.15, 0.2) is 48.5 Å². The van der Waals surface area contributed by atoms with Gasteiger partial charge in [-0.15, -0.1) is 0 Å². The molecule has 0 unspecified atom stereocenters. The second-order valence-corrected chi connectivity index (χ2v) is 12.7. The molecule has 0 aliphatic carbocycles. The average molecular weight is 706 g/mol. The third-order valence-corrected chi connectivity index (χ3v) is 8.66. The molecule has 3 amide bonds. The Morgan fingerprint density at radius 1 is 0.959 bits per heavy atom. The van der Waals surface area contributed by atoms with Crippen LogP contribution in [0.25, 0.3) is 0 Å². The van der Waals surface area contributed by atoms with Crippen LogP contribution >= 0.6 is 11.6 Å². The van der Waals surface area contributed by atoms with Gasteiger partial charge in [-0.25, -0.2) is 18.8 Å². The molecule has 2 aliphatic heterocycles. The Hall–Kier alpha value is -3.94. The SMILES string of the molecule is COC(=O)[C@H](C)NC(=O)CC[C@@H]1C[C@@H](OC(=O)NCCc2ccc(F)cc2)C[C@@]2(CCC[C@H](COC(=O)NCCc3ccc(Cl)cc3)O2)O1. The van der Waals surface area contributed by atoms with Crippen molar-refractivity contribution in [2.45, 2.75) is 94.9 Å². The van der Waals surface area contributed by atoms with E-state index in [1.807, 2.05) is 12.1 Å². The van der Waals surface area contributed by atoms with Gasteiger partial charge in [0.2, 0.25) is 5.91 Å². The number of esters is 1. The fourth-order valence-electron chi connectivity index (χ4n) is 5.94. The first-order chi connectivity index (χ1) is 23.5. The van der Waals surface area contributed by atoms with Gasteiger partial charge in [0.25, 0.3) is 0 Å². The summed E-state index contributed by atoms with van der Waals surface area (Å²) < 4.78 is 42.0. The zero-order valence-corrected chi connectivity index (χ0v) is 28.6. The average Bonchev–Trinajstić information content (AvgIpc) is 3.07. The maximum atomic E-state index is 13.2. The van der Waals surface area contributed by atoms with E-state index in [9.17, 15) is 23.6 Å². The van der Waals surface area contributed by atoms with Crippen LogP contribution in [-0.4, -0.2) is 81.0 Å². The van der Waals surface area contributed by atoms with Gasteiger partial charge < -0.3 is 39.6 Å². The van der Waals surface area contributed by atoms with Crippen molar-refractivity contribution < 1.29 is 47.3 Å². The topological polar surface area (TPSA) is 151 Å². The molecule has 2 heterocycles. The minimum absolute atomic E-state index is 0.00573. The number of nitrogens with one attached hydrogen (secondary N) is 3. The van der Waals surface area contributed by atoms with Gasteiger partial charge in [0.15, 0.2) is 5.79 Å². The number of hydrogen-bond acceptors (Lipinski definition) is 9. The number of ether oxygens (including phenoxy) is 5. The first-order valence-corrected chi connectivity index (χ1v) is 17.0. The molecule has 2 aliphatic rings. The summed E-state index contributed by atoms with van der Waals surface area (Å²) in [4.78, 5) is 49.5. The number of methoxy groups -OCH3 is 1. The third kappa shape index (κ3) is 12.8. The molecular weight excluding hydrogens is 661 g/mol. The molecule has 0 saturated carbocycles. The summed E-state index contributed by atoms with van der Waals surface area (Å²) in [6.45, 7) is 2.22. The van der Waals surface area contributed by atoms with Crippen LogP contribution < -0.4 is 16.0 Å². The smallest absolute Gasteiger partial charge is 0.407 e. The molecule has 0 bridgehead atoms. The van der Waals surface area contributed by atoms with E-state index >= 15 is 0 Å². The van der Waals surface area contributed by atoms with Crippen molar-refractivity contribution in [1.82, 2.24) is 16.0 Å². The van der Waals surface area contributed by atoms with E-state index in [1.165, 1.54) is 26.2 Å². The Balaban J connectivity index is 1.31. The van der Waals surface area contributed by atoms with Gasteiger partial charge in [0.1, 0.15) is 24.6 Å². The summed E-state index contributed by atoms with van der Waals surface area (Å²) in [5.74, 6) is -2.36. The van der Waals surface area contributed by atoms with Crippen molar-refractivity contribution in [3.8, 4) is 0 Å². The summed E-state index contributed by atoms with van der Waals surface area (Å²) in [6.07, 6.45) is 1.19. The van der Waals surface area contributed by atoms with E-state index in [4.69, 9.17) is 30.5 Å². The second-order valence-electron chi connectivity index (χ2n) is 12.3. The fraction of sp³-hybridized carbons (Fsp3) is 0.543.